The molecule has 26 heavy (non-hydrogen) atoms. The molecule has 0 radical (unpaired) electrons. The van der Waals surface area contributed by atoms with Gasteiger partial charge in [-0.15, -0.1) is 0 Å². The van der Waals surface area contributed by atoms with E-state index >= 15 is 0 Å². The zero-order valence-electron chi connectivity index (χ0n) is 15.0. The lowest BCUT2D eigenvalue weighted by molar-refractivity contribution is -0.127. The van der Waals surface area contributed by atoms with Crippen molar-refractivity contribution in [2.24, 2.45) is 0 Å². The molecule has 0 spiro atoms. The molecule has 0 bridgehead atoms. The van der Waals surface area contributed by atoms with Gasteiger partial charge in [-0.3, -0.25) is 4.79 Å². The molecule has 144 valence electrons. The fraction of sp³-hybridized carbons (Fsp3) is 0.500. The Labute approximate surface area is 165 Å². The van der Waals surface area contributed by atoms with Gasteiger partial charge in [-0.2, -0.15) is 0 Å². The molecule has 1 fully saturated rings. The number of amides is 1. The van der Waals surface area contributed by atoms with Gasteiger partial charge in [-0.1, -0.05) is 35.3 Å². The molecule has 1 aromatic carbocycles. The van der Waals surface area contributed by atoms with Crippen LogP contribution in [0.3, 0.4) is 0 Å². The Bertz CT molecular complexity index is 779. The van der Waals surface area contributed by atoms with E-state index in [-0.39, 0.29) is 23.5 Å². The molecule has 0 aromatic heterocycles. The van der Waals surface area contributed by atoms with E-state index in [4.69, 9.17) is 23.2 Å². The summed E-state index contributed by atoms with van der Waals surface area (Å²) in [5.41, 5.74) is 0.653. The van der Waals surface area contributed by atoms with E-state index in [9.17, 15) is 13.2 Å². The molecular formula is C18H24Cl2N2O3S. The van der Waals surface area contributed by atoms with E-state index in [0.29, 0.717) is 28.6 Å². The molecule has 1 amide bonds. The molecule has 1 aromatic rings. The highest BCUT2D eigenvalue weighted by Crippen LogP contribution is 2.26. The summed E-state index contributed by atoms with van der Waals surface area (Å²) < 4.78 is 23.6. The average Bonchev–Trinajstić information content (AvgIpc) is 2.92. The molecule has 0 N–H and O–H groups in total. The molecule has 1 saturated heterocycles. The lowest BCUT2D eigenvalue weighted by Gasteiger charge is -2.27. The number of nitrogens with zero attached hydrogens (tertiary/aromatic N) is 2. The summed E-state index contributed by atoms with van der Waals surface area (Å²) in [5.74, 6) is -0.0345. The van der Waals surface area contributed by atoms with Crippen LogP contribution in [0.1, 0.15) is 18.4 Å². The van der Waals surface area contributed by atoms with Crippen molar-refractivity contribution in [1.82, 2.24) is 9.80 Å². The minimum atomic E-state index is -3.06. The van der Waals surface area contributed by atoms with Crippen LogP contribution >= 0.6 is 23.2 Å². The molecule has 1 atom stereocenters. The van der Waals surface area contributed by atoms with E-state index in [1.165, 1.54) is 6.08 Å². The fourth-order valence-electron chi connectivity index (χ4n) is 2.96. The second-order valence-corrected chi connectivity index (χ2v) is 9.74. The second-order valence-electron chi connectivity index (χ2n) is 6.72. The predicted molar refractivity (Wildman–Crippen MR) is 107 cm³/mol. The summed E-state index contributed by atoms with van der Waals surface area (Å²) in [6.45, 7) is 1.35. The number of carbonyl (C=O) groups excluding carboxylic acids is 1. The Morgan fingerprint density at radius 3 is 2.62 bits per heavy atom. The van der Waals surface area contributed by atoms with E-state index < -0.39 is 9.84 Å². The van der Waals surface area contributed by atoms with E-state index in [2.05, 4.69) is 0 Å². The Kier molecular flexibility index (Phi) is 7.52. The Hall–Kier alpha value is -1.08. The maximum atomic E-state index is 12.7. The Morgan fingerprint density at radius 2 is 2.00 bits per heavy atom. The molecule has 0 aliphatic carbocycles. The van der Waals surface area contributed by atoms with Crippen molar-refractivity contribution in [2.75, 3.05) is 38.7 Å². The Balaban J connectivity index is 2.13. The van der Waals surface area contributed by atoms with Gasteiger partial charge >= 0.3 is 0 Å². The van der Waals surface area contributed by atoms with Crippen molar-refractivity contribution >= 4 is 45.0 Å². The summed E-state index contributed by atoms with van der Waals surface area (Å²) in [4.78, 5) is 16.4. The molecule has 1 heterocycles. The van der Waals surface area contributed by atoms with Gasteiger partial charge in [0.1, 0.15) is 0 Å². The van der Waals surface area contributed by atoms with Gasteiger partial charge in [0, 0.05) is 18.7 Å². The first kappa shape index (κ1) is 21.2. The van der Waals surface area contributed by atoms with Crippen LogP contribution in [0.25, 0.3) is 6.08 Å². The Morgan fingerprint density at radius 1 is 1.27 bits per heavy atom. The molecule has 1 unspecified atom stereocenters. The third-order valence-electron chi connectivity index (χ3n) is 4.32. The number of hydrogen-bond donors (Lipinski definition) is 0. The van der Waals surface area contributed by atoms with Crippen LogP contribution < -0.4 is 0 Å². The highest BCUT2D eigenvalue weighted by Gasteiger charge is 2.33. The van der Waals surface area contributed by atoms with Crippen molar-refractivity contribution in [2.45, 2.75) is 18.9 Å². The summed E-state index contributed by atoms with van der Waals surface area (Å²) in [5, 5.41) is 0.812. The monoisotopic (exact) mass is 418 g/mol. The highest BCUT2D eigenvalue weighted by molar-refractivity contribution is 7.91. The fourth-order valence-corrected chi connectivity index (χ4v) is 5.06. The van der Waals surface area contributed by atoms with Crippen molar-refractivity contribution in [3.63, 3.8) is 0 Å². The van der Waals surface area contributed by atoms with Crippen LogP contribution in [0.2, 0.25) is 10.0 Å². The molecular weight excluding hydrogens is 395 g/mol. The summed E-state index contributed by atoms with van der Waals surface area (Å²) >= 11 is 12.1. The average molecular weight is 419 g/mol. The number of benzene rings is 1. The molecule has 5 nitrogen and oxygen atoms in total. The van der Waals surface area contributed by atoms with Gasteiger partial charge in [-0.05, 0) is 51.2 Å². The summed E-state index contributed by atoms with van der Waals surface area (Å²) in [6.07, 6.45) is 4.33. The van der Waals surface area contributed by atoms with Crippen LogP contribution in [0.5, 0.6) is 0 Å². The minimum Gasteiger partial charge on any atom is -0.335 e. The topological polar surface area (TPSA) is 57.7 Å². The largest absolute Gasteiger partial charge is 0.335 e. The third-order valence-corrected chi connectivity index (χ3v) is 6.91. The molecule has 1 aliphatic rings. The van der Waals surface area contributed by atoms with Crippen molar-refractivity contribution in [1.29, 1.82) is 0 Å². The predicted octanol–water partition coefficient (Wildman–Crippen LogP) is 2.97. The van der Waals surface area contributed by atoms with Crippen molar-refractivity contribution < 1.29 is 13.2 Å². The number of halogens is 2. The second kappa shape index (κ2) is 9.22. The maximum absolute atomic E-state index is 12.7. The van der Waals surface area contributed by atoms with E-state index in [1.807, 2.05) is 19.0 Å². The normalized spacial score (nSPS) is 19.3. The standard InChI is InChI=1S/C18H24Cl2N2O3S/c1-21(2)10-4-11-22(15-9-12-26(24,25)13-15)17(23)8-7-14-5-3-6-16(19)18(14)20/h3,5-8,15H,4,9-13H2,1-2H3/b8-7+. The van der Waals surface area contributed by atoms with E-state index in [0.717, 1.165) is 13.0 Å². The molecule has 1 aliphatic heterocycles. The molecule has 2 rings (SSSR count). The number of sulfone groups is 1. The number of hydrogen-bond acceptors (Lipinski definition) is 4. The van der Waals surface area contributed by atoms with Crippen LogP contribution in [0.15, 0.2) is 24.3 Å². The minimum absolute atomic E-state index is 0.0342. The van der Waals surface area contributed by atoms with Gasteiger partial charge in [0.2, 0.25) is 5.91 Å². The van der Waals surface area contributed by atoms with Crippen molar-refractivity contribution in [3.05, 3.63) is 39.9 Å². The van der Waals surface area contributed by atoms with Crippen molar-refractivity contribution in [3.8, 4) is 0 Å². The quantitative estimate of drug-likeness (QED) is 0.638. The van der Waals surface area contributed by atoms with E-state index in [1.54, 1.807) is 29.2 Å². The third kappa shape index (κ3) is 5.98. The zero-order chi connectivity index (χ0) is 19.3. The van der Waals surface area contributed by atoms with Crippen LogP contribution in [0.4, 0.5) is 0 Å². The smallest absolute Gasteiger partial charge is 0.246 e. The summed E-state index contributed by atoms with van der Waals surface area (Å²) in [6, 6.07) is 4.94. The number of rotatable bonds is 7. The maximum Gasteiger partial charge on any atom is 0.246 e. The lowest BCUT2D eigenvalue weighted by Crippen LogP contribution is -2.41. The SMILES string of the molecule is CN(C)CCCN(C(=O)/C=C/c1cccc(Cl)c1Cl)C1CCS(=O)(=O)C1. The first-order chi connectivity index (χ1) is 12.2. The van der Waals surface area contributed by atoms with Gasteiger partial charge in [0.15, 0.2) is 9.84 Å². The van der Waals surface area contributed by atoms with Crippen LogP contribution in [-0.4, -0.2) is 68.9 Å². The molecule has 0 saturated carbocycles. The van der Waals surface area contributed by atoms with Gasteiger partial charge in [0.05, 0.1) is 21.6 Å². The van der Waals surface area contributed by atoms with Crippen LogP contribution in [0, 0.1) is 0 Å². The first-order valence-corrected chi connectivity index (χ1v) is 11.0. The highest BCUT2D eigenvalue weighted by atomic mass is 35.5. The van der Waals surface area contributed by atoms with Crippen LogP contribution in [-0.2, 0) is 14.6 Å². The van der Waals surface area contributed by atoms with Gasteiger partial charge < -0.3 is 9.80 Å². The first-order valence-electron chi connectivity index (χ1n) is 8.47. The molecule has 8 heteroatoms. The van der Waals surface area contributed by atoms with Gasteiger partial charge in [0.25, 0.3) is 0 Å². The number of carbonyl (C=O) groups is 1. The van der Waals surface area contributed by atoms with Gasteiger partial charge in [-0.25, -0.2) is 8.42 Å². The summed E-state index contributed by atoms with van der Waals surface area (Å²) in [7, 11) is 0.869. The zero-order valence-corrected chi connectivity index (χ0v) is 17.3. The lowest BCUT2D eigenvalue weighted by atomic mass is 10.1.